The summed E-state index contributed by atoms with van der Waals surface area (Å²) in [6.07, 6.45) is 1.06. The minimum Gasteiger partial charge on any atom is -0.481 e. The number of nitrogens with one attached hydrogen (secondary N) is 1. The number of guanidine groups is 1. The summed E-state index contributed by atoms with van der Waals surface area (Å²) >= 11 is 0. The second-order valence-electron chi connectivity index (χ2n) is 1.58. The van der Waals surface area contributed by atoms with Crippen LogP contribution in [0.3, 0.4) is 0 Å². The molecule has 0 aromatic heterocycles. The fourth-order valence-electron chi connectivity index (χ4n) is 0. The van der Waals surface area contributed by atoms with Crippen molar-refractivity contribution in [3.63, 3.8) is 0 Å². The lowest BCUT2D eigenvalue weighted by atomic mass is 10.6. The molecule has 7 nitrogen and oxygen atoms in total. The highest BCUT2D eigenvalue weighted by Crippen LogP contribution is 1.48. The number of carboxylic acid groups (broad SMARTS) is 1. The monoisotopic (exact) mass is 190 g/mol. The zero-order chi connectivity index (χ0) is 11.4. The first-order valence-corrected chi connectivity index (χ1v) is 2.94. The van der Waals surface area contributed by atoms with Gasteiger partial charge in [0.25, 0.3) is 5.97 Å². The SMILES string of the molecule is C=CC(N)=O.CC(=O)O.N=C(N)N. The normalized spacial score (nSPS) is 6.23. The van der Waals surface area contributed by atoms with Crippen LogP contribution < -0.4 is 17.2 Å². The molecule has 76 valence electrons. The van der Waals surface area contributed by atoms with Gasteiger partial charge in [-0.25, -0.2) is 0 Å². The van der Waals surface area contributed by atoms with Crippen LogP contribution in [0, 0.1) is 5.41 Å². The number of primary amides is 1. The lowest BCUT2D eigenvalue weighted by Crippen LogP contribution is -2.20. The summed E-state index contributed by atoms with van der Waals surface area (Å²) in [7, 11) is 0. The van der Waals surface area contributed by atoms with Gasteiger partial charge in [-0.05, 0) is 6.08 Å². The molecule has 0 unspecified atom stereocenters. The number of carbonyl (C=O) groups excluding carboxylic acids is 1. The van der Waals surface area contributed by atoms with Crippen molar-refractivity contribution in [2.24, 2.45) is 17.2 Å². The summed E-state index contributed by atoms with van der Waals surface area (Å²) in [5, 5.41) is 13.5. The maximum atomic E-state index is 9.47. The second-order valence-corrected chi connectivity index (χ2v) is 1.58. The number of hydrogen-bond acceptors (Lipinski definition) is 3. The van der Waals surface area contributed by atoms with Crippen molar-refractivity contribution in [3.8, 4) is 0 Å². The van der Waals surface area contributed by atoms with Crippen LogP contribution >= 0.6 is 0 Å². The van der Waals surface area contributed by atoms with E-state index in [4.69, 9.17) is 15.3 Å². The van der Waals surface area contributed by atoms with Crippen molar-refractivity contribution < 1.29 is 14.7 Å². The van der Waals surface area contributed by atoms with Crippen molar-refractivity contribution in [1.82, 2.24) is 0 Å². The molecule has 0 saturated carbocycles. The number of amides is 1. The van der Waals surface area contributed by atoms with E-state index < -0.39 is 11.9 Å². The van der Waals surface area contributed by atoms with Crippen molar-refractivity contribution >= 4 is 17.8 Å². The van der Waals surface area contributed by atoms with E-state index in [0.29, 0.717) is 0 Å². The first-order valence-electron chi connectivity index (χ1n) is 2.94. The van der Waals surface area contributed by atoms with E-state index in [0.717, 1.165) is 13.0 Å². The molecule has 0 heterocycles. The minimum atomic E-state index is -0.833. The third-order valence-corrected chi connectivity index (χ3v) is 0.201. The van der Waals surface area contributed by atoms with E-state index in [1.54, 1.807) is 0 Å². The summed E-state index contributed by atoms with van der Waals surface area (Å²) in [6.45, 7) is 4.17. The van der Waals surface area contributed by atoms with Crippen molar-refractivity contribution in [2.75, 3.05) is 0 Å². The Morgan fingerprint density at radius 2 is 1.46 bits per heavy atom. The Hall–Kier alpha value is -2.05. The molecule has 0 fully saturated rings. The Labute approximate surface area is 75.7 Å². The molecule has 0 aliphatic carbocycles. The fraction of sp³-hybridized carbons (Fsp3) is 0.167. The molecule has 0 atom stereocenters. The fourth-order valence-corrected chi connectivity index (χ4v) is 0. The van der Waals surface area contributed by atoms with Gasteiger partial charge in [0.05, 0.1) is 0 Å². The van der Waals surface area contributed by atoms with Crippen molar-refractivity contribution in [1.29, 1.82) is 5.41 Å². The van der Waals surface area contributed by atoms with Crippen LogP contribution in [0.4, 0.5) is 0 Å². The molecule has 1 amide bonds. The van der Waals surface area contributed by atoms with E-state index in [1.807, 2.05) is 0 Å². The van der Waals surface area contributed by atoms with E-state index in [9.17, 15) is 4.79 Å². The molecule has 0 aromatic rings. The Kier molecular flexibility index (Phi) is 16.6. The largest absolute Gasteiger partial charge is 0.481 e. The summed E-state index contributed by atoms with van der Waals surface area (Å²) in [6, 6.07) is 0. The molecule has 0 rings (SSSR count). The quantitative estimate of drug-likeness (QED) is 0.195. The van der Waals surface area contributed by atoms with Crippen LogP contribution in [0.5, 0.6) is 0 Å². The Morgan fingerprint density at radius 3 is 1.46 bits per heavy atom. The van der Waals surface area contributed by atoms with Gasteiger partial charge in [0.15, 0.2) is 5.96 Å². The predicted octanol–water partition coefficient (Wildman–Crippen LogP) is -1.41. The Balaban J connectivity index is -0.000000117. The standard InChI is InChI=1S/C3H5NO.C2H4O2.CH5N3/c1-2-3(4)5;1-2(3)4;2-1(3)4/h2H,1H2,(H2,4,5);1H3,(H,3,4);(H5,2,3,4). The smallest absolute Gasteiger partial charge is 0.300 e. The Bertz CT molecular complexity index is 170. The number of hydrogen-bond donors (Lipinski definition) is 5. The first-order chi connectivity index (χ1) is 5.73. The molecule has 0 saturated heterocycles. The van der Waals surface area contributed by atoms with Gasteiger partial charge in [-0.1, -0.05) is 6.58 Å². The van der Waals surface area contributed by atoms with Gasteiger partial charge in [-0.15, -0.1) is 0 Å². The minimum absolute atomic E-state index is 0.333. The third-order valence-electron chi connectivity index (χ3n) is 0.201. The third kappa shape index (κ3) is 252000. The van der Waals surface area contributed by atoms with E-state index in [1.165, 1.54) is 0 Å². The molecule has 13 heavy (non-hydrogen) atoms. The van der Waals surface area contributed by atoms with Gasteiger partial charge < -0.3 is 22.3 Å². The second kappa shape index (κ2) is 12.6. The average molecular weight is 190 g/mol. The zero-order valence-corrected chi connectivity index (χ0v) is 7.28. The van der Waals surface area contributed by atoms with Gasteiger partial charge in [0.1, 0.15) is 0 Å². The zero-order valence-electron chi connectivity index (χ0n) is 7.28. The number of aliphatic carboxylic acids is 1. The van der Waals surface area contributed by atoms with Crippen LogP contribution in [0.25, 0.3) is 0 Å². The Morgan fingerprint density at radius 1 is 1.38 bits per heavy atom. The van der Waals surface area contributed by atoms with Gasteiger partial charge in [-0.3, -0.25) is 15.0 Å². The molecular formula is C6H14N4O3. The highest BCUT2D eigenvalue weighted by atomic mass is 16.4. The van der Waals surface area contributed by atoms with Gasteiger partial charge in [0, 0.05) is 6.92 Å². The number of carboxylic acids is 1. The highest BCUT2D eigenvalue weighted by Gasteiger charge is 1.69. The molecule has 0 radical (unpaired) electrons. The molecule has 0 aliphatic heterocycles. The van der Waals surface area contributed by atoms with Crippen molar-refractivity contribution in [3.05, 3.63) is 12.7 Å². The van der Waals surface area contributed by atoms with Crippen LogP contribution in [0.1, 0.15) is 6.92 Å². The summed E-state index contributed by atoms with van der Waals surface area (Å²) in [5.41, 5.74) is 13.5. The maximum Gasteiger partial charge on any atom is 0.300 e. The number of nitrogens with two attached hydrogens (primary N) is 3. The van der Waals surface area contributed by atoms with E-state index >= 15 is 0 Å². The maximum absolute atomic E-state index is 9.47. The van der Waals surface area contributed by atoms with Crippen LogP contribution in [0.15, 0.2) is 12.7 Å². The molecule has 0 spiro atoms. The number of carbonyl (C=O) groups is 2. The first kappa shape index (κ1) is 17.2. The topological polar surface area (TPSA) is 156 Å². The van der Waals surface area contributed by atoms with Crippen LogP contribution in [0.2, 0.25) is 0 Å². The van der Waals surface area contributed by atoms with Crippen LogP contribution in [-0.4, -0.2) is 22.9 Å². The van der Waals surface area contributed by atoms with Gasteiger partial charge in [0.2, 0.25) is 5.91 Å². The lowest BCUT2D eigenvalue weighted by Gasteiger charge is -1.69. The molecular weight excluding hydrogens is 176 g/mol. The highest BCUT2D eigenvalue weighted by molar-refractivity contribution is 5.84. The summed E-state index contributed by atoms with van der Waals surface area (Å²) in [4.78, 5) is 18.5. The van der Waals surface area contributed by atoms with E-state index in [2.05, 4.69) is 23.8 Å². The van der Waals surface area contributed by atoms with E-state index in [-0.39, 0.29) is 5.96 Å². The molecule has 8 N–H and O–H groups in total. The lowest BCUT2D eigenvalue weighted by molar-refractivity contribution is -0.134. The number of rotatable bonds is 1. The predicted molar refractivity (Wildman–Crippen MR) is 48.8 cm³/mol. The van der Waals surface area contributed by atoms with Gasteiger partial charge >= 0.3 is 0 Å². The van der Waals surface area contributed by atoms with Crippen molar-refractivity contribution in [2.45, 2.75) is 6.92 Å². The summed E-state index contributed by atoms with van der Waals surface area (Å²) < 4.78 is 0. The average Bonchev–Trinajstić information content (AvgIpc) is 1.84. The molecule has 0 bridgehead atoms. The summed E-state index contributed by atoms with van der Waals surface area (Å²) in [5.74, 6) is -1.65. The molecule has 7 heteroatoms. The molecule has 0 aliphatic rings. The van der Waals surface area contributed by atoms with Gasteiger partial charge in [-0.2, -0.15) is 0 Å². The molecule has 0 aromatic carbocycles. The van der Waals surface area contributed by atoms with Crippen LogP contribution in [-0.2, 0) is 9.59 Å².